The van der Waals surface area contributed by atoms with Gasteiger partial charge in [0, 0.05) is 44.6 Å². The fraction of sp³-hybridized carbons (Fsp3) is 0.379. The van der Waals surface area contributed by atoms with Gasteiger partial charge in [-0.05, 0) is 42.5 Å². The molecule has 1 aliphatic heterocycles. The molecule has 1 amide bonds. The minimum atomic E-state index is -3.95. The topological polar surface area (TPSA) is 154 Å². The van der Waals surface area contributed by atoms with E-state index in [1.807, 2.05) is 0 Å². The number of para-hydroxylation sites is 1. The van der Waals surface area contributed by atoms with Crippen molar-refractivity contribution in [3.05, 3.63) is 82.4 Å². The maximum atomic E-state index is 13.3. The van der Waals surface area contributed by atoms with Crippen molar-refractivity contribution in [3.63, 3.8) is 0 Å². The van der Waals surface area contributed by atoms with Gasteiger partial charge in [0.15, 0.2) is 11.2 Å². The van der Waals surface area contributed by atoms with Crippen molar-refractivity contribution in [1.29, 1.82) is 0 Å². The molecule has 12 nitrogen and oxygen atoms in total. The largest absolute Gasteiger partial charge is 0.497 e. The first-order valence-electron chi connectivity index (χ1n) is 13.3. The molecular weight excluding hydrogens is 568 g/mol. The van der Waals surface area contributed by atoms with Crippen molar-refractivity contribution < 1.29 is 41.7 Å². The summed E-state index contributed by atoms with van der Waals surface area (Å²) in [6.07, 6.45) is 2.12. The fourth-order valence-corrected chi connectivity index (χ4v) is 5.90. The average molecular weight is 603 g/mol. The van der Waals surface area contributed by atoms with E-state index < -0.39 is 34.7 Å². The van der Waals surface area contributed by atoms with E-state index in [1.54, 1.807) is 30.3 Å². The van der Waals surface area contributed by atoms with Crippen LogP contribution in [0.2, 0.25) is 0 Å². The molecule has 0 radical (unpaired) electrons. The third-order valence-electron chi connectivity index (χ3n) is 6.67. The first-order chi connectivity index (χ1) is 20.3. The number of aliphatic hydroxyl groups excluding tert-OH is 1. The number of aliphatic hydroxyl groups is 1. The van der Waals surface area contributed by atoms with Crippen LogP contribution in [0.3, 0.4) is 0 Å². The van der Waals surface area contributed by atoms with Crippen molar-refractivity contribution in [3.8, 4) is 5.75 Å². The molecule has 3 aromatic rings. The molecule has 2 atom stereocenters. The van der Waals surface area contributed by atoms with E-state index in [0.29, 0.717) is 28.9 Å². The molecule has 2 aromatic carbocycles. The number of amides is 1. The number of allylic oxidation sites excluding steroid dienone is 1. The van der Waals surface area contributed by atoms with Crippen molar-refractivity contribution >= 4 is 26.9 Å². The standard InChI is InChI=1S/C29H34N2O10S/c1-37-15-11-30-29(34)26-17-20(24-19-40-25-6-4-3-5-23(25)28(24)33)18-27(41-26)39-16-13-31(12-14-32)42(35,36)22-9-7-21(38-2)8-10-22/h3-10,17,19-20,27,32H,11-16,18H2,1-2H3,(H,30,34)/t20-,27+/m1/s1. The predicted molar refractivity (Wildman–Crippen MR) is 152 cm³/mol. The van der Waals surface area contributed by atoms with Crippen LogP contribution in [0.1, 0.15) is 17.9 Å². The minimum Gasteiger partial charge on any atom is -0.497 e. The second-order valence-electron chi connectivity index (χ2n) is 9.36. The Bertz CT molecular complexity index is 1550. The molecule has 0 spiro atoms. The molecule has 0 fully saturated rings. The van der Waals surface area contributed by atoms with Gasteiger partial charge in [0.1, 0.15) is 11.3 Å². The number of nitrogens with zero attached hydrogens (tertiary/aromatic N) is 1. The zero-order chi connectivity index (χ0) is 30.1. The Labute approximate surface area is 243 Å². The molecular formula is C29H34N2O10S. The van der Waals surface area contributed by atoms with Gasteiger partial charge in [-0.15, -0.1) is 0 Å². The zero-order valence-electron chi connectivity index (χ0n) is 23.4. The first-order valence-corrected chi connectivity index (χ1v) is 14.7. The van der Waals surface area contributed by atoms with Gasteiger partial charge in [0.25, 0.3) is 5.91 Å². The van der Waals surface area contributed by atoms with Crippen molar-refractivity contribution in [2.24, 2.45) is 0 Å². The van der Waals surface area contributed by atoms with Crippen LogP contribution in [0.25, 0.3) is 11.0 Å². The summed E-state index contributed by atoms with van der Waals surface area (Å²) >= 11 is 0. The molecule has 0 saturated heterocycles. The smallest absolute Gasteiger partial charge is 0.286 e. The van der Waals surface area contributed by atoms with Crippen LogP contribution in [-0.4, -0.2) is 83.7 Å². The van der Waals surface area contributed by atoms with Crippen LogP contribution < -0.4 is 15.5 Å². The fourth-order valence-electron chi connectivity index (χ4n) is 4.48. The number of fused-ring (bicyclic) bond motifs is 1. The summed E-state index contributed by atoms with van der Waals surface area (Å²) in [5.74, 6) is -0.632. The van der Waals surface area contributed by atoms with Crippen LogP contribution in [0, 0.1) is 0 Å². The molecule has 1 aliphatic rings. The summed E-state index contributed by atoms with van der Waals surface area (Å²) in [5.41, 5.74) is 0.532. The third kappa shape index (κ3) is 7.36. The highest BCUT2D eigenvalue weighted by Crippen LogP contribution is 2.31. The number of benzene rings is 2. The van der Waals surface area contributed by atoms with Gasteiger partial charge in [0.05, 0.1) is 43.5 Å². The molecule has 0 aliphatic carbocycles. The van der Waals surface area contributed by atoms with Gasteiger partial charge >= 0.3 is 0 Å². The molecule has 0 bridgehead atoms. The van der Waals surface area contributed by atoms with Gasteiger partial charge in [-0.2, -0.15) is 4.31 Å². The van der Waals surface area contributed by atoms with Gasteiger partial charge in [-0.3, -0.25) is 9.59 Å². The minimum absolute atomic E-state index is 0.0340. The lowest BCUT2D eigenvalue weighted by atomic mass is 9.93. The number of rotatable bonds is 14. The molecule has 42 heavy (non-hydrogen) atoms. The average Bonchev–Trinajstić information content (AvgIpc) is 3.01. The van der Waals surface area contributed by atoms with E-state index in [2.05, 4.69) is 5.32 Å². The summed E-state index contributed by atoms with van der Waals surface area (Å²) in [5, 5.41) is 12.6. The summed E-state index contributed by atoms with van der Waals surface area (Å²) in [6, 6.07) is 12.8. The van der Waals surface area contributed by atoms with Crippen LogP contribution >= 0.6 is 0 Å². The quantitative estimate of drug-likeness (QED) is 0.262. The van der Waals surface area contributed by atoms with Crippen LogP contribution in [0.4, 0.5) is 0 Å². The van der Waals surface area contributed by atoms with Gasteiger partial charge in [0.2, 0.25) is 16.3 Å². The maximum absolute atomic E-state index is 13.3. The summed E-state index contributed by atoms with van der Waals surface area (Å²) in [7, 11) is -0.963. The monoisotopic (exact) mass is 602 g/mol. The summed E-state index contributed by atoms with van der Waals surface area (Å²) in [6.45, 7) is -0.237. The summed E-state index contributed by atoms with van der Waals surface area (Å²) < 4.78 is 55.0. The number of hydrogen-bond acceptors (Lipinski definition) is 10. The highest BCUT2D eigenvalue weighted by atomic mass is 32.2. The number of hydrogen-bond donors (Lipinski definition) is 2. The van der Waals surface area contributed by atoms with Crippen LogP contribution in [0.15, 0.2) is 80.7 Å². The van der Waals surface area contributed by atoms with Crippen molar-refractivity contribution in [2.45, 2.75) is 23.5 Å². The first kappa shape index (κ1) is 31.2. The maximum Gasteiger partial charge on any atom is 0.286 e. The lowest BCUT2D eigenvalue weighted by molar-refractivity contribution is -0.146. The third-order valence-corrected chi connectivity index (χ3v) is 8.58. The van der Waals surface area contributed by atoms with E-state index in [4.69, 9.17) is 23.4 Å². The van der Waals surface area contributed by atoms with E-state index in [0.717, 1.165) is 4.31 Å². The highest BCUT2D eigenvalue weighted by molar-refractivity contribution is 7.89. The second-order valence-corrected chi connectivity index (χ2v) is 11.3. The number of sulfonamides is 1. The molecule has 13 heteroatoms. The van der Waals surface area contributed by atoms with Crippen LogP contribution in [-0.2, 0) is 29.0 Å². The lowest BCUT2D eigenvalue weighted by Gasteiger charge is -2.29. The predicted octanol–water partition coefficient (Wildman–Crippen LogP) is 1.98. The van der Waals surface area contributed by atoms with Crippen LogP contribution in [0.5, 0.6) is 5.75 Å². The molecule has 0 unspecified atom stereocenters. The highest BCUT2D eigenvalue weighted by Gasteiger charge is 2.31. The lowest BCUT2D eigenvalue weighted by Crippen LogP contribution is -2.38. The van der Waals surface area contributed by atoms with E-state index in [1.165, 1.54) is 44.7 Å². The molecule has 2 N–H and O–H groups in total. The Morgan fingerprint density at radius 3 is 2.57 bits per heavy atom. The molecule has 4 rings (SSSR count). The Morgan fingerprint density at radius 2 is 1.86 bits per heavy atom. The number of nitrogens with one attached hydrogen (secondary N) is 1. The van der Waals surface area contributed by atoms with Gasteiger partial charge in [-0.1, -0.05) is 12.1 Å². The Morgan fingerprint density at radius 1 is 1.10 bits per heavy atom. The van der Waals surface area contributed by atoms with Crippen molar-refractivity contribution in [1.82, 2.24) is 9.62 Å². The SMILES string of the molecule is COCCNC(=O)C1=C[C@@H](c2coc3ccccc3c2=O)C[C@@H](OCCN(CCO)S(=O)(=O)c2ccc(OC)cc2)O1. The summed E-state index contributed by atoms with van der Waals surface area (Å²) in [4.78, 5) is 26.2. The Hall–Kier alpha value is -3.75. The van der Waals surface area contributed by atoms with E-state index in [9.17, 15) is 23.1 Å². The molecule has 0 saturated carbocycles. The number of carbonyl (C=O) groups excluding carboxylic acids is 1. The van der Waals surface area contributed by atoms with E-state index >= 15 is 0 Å². The van der Waals surface area contributed by atoms with Gasteiger partial charge in [-0.25, -0.2) is 8.42 Å². The molecule has 1 aromatic heterocycles. The second kappa shape index (κ2) is 14.4. The Kier molecular flexibility index (Phi) is 10.7. The van der Waals surface area contributed by atoms with E-state index in [-0.39, 0.29) is 48.7 Å². The number of ether oxygens (including phenoxy) is 4. The number of carbonyl (C=O) groups is 1. The zero-order valence-corrected chi connectivity index (χ0v) is 24.2. The Balaban J connectivity index is 1.52. The molecule has 2 heterocycles. The van der Waals surface area contributed by atoms with Crippen molar-refractivity contribution in [2.75, 3.05) is 53.7 Å². The number of methoxy groups -OCH3 is 2. The van der Waals surface area contributed by atoms with Gasteiger partial charge < -0.3 is 33.8 Å². The normalized spacial score (nSPS) is 17.1. The molecule has 226 valence electrons.